The van der Waals surface area contributed by atoms with Gasteiger partial charge in [0.25, 0.3) is 7.59 Å². The molecule has 0 aliphatic carbocycles. The average Bonchev–Trinajstić information content (AvgIpc) is 3.07. The molecule has 15 heavy (non-hydrogen) atoms. The fourth-order valence-electron chi connectivity index (χ4n) is 1.73. The number of rotatable bonds is 7. The first-order valence-corrected chi connectivity index (χ1v) is 6.88. The molecular formula is C10H18N3OP. The van der Waals surface area contributed by atoms with Gasteiger partial charge in [-0.05, 0) is 0 Å². The Hall–Kier alpha value is -0.410. The molecule has 0 spiro atoms. The van der Waals surface area contributed by atoms with Gasteiger partial charge < -0.3 is 0 Å². The first-order valence-electron chi connectivity index (χ1n) is 5.31. The molecule has 5 heteroatoms. The highest BCUT2D eigenvalue weighted by Crippen LogP contribution is 2.62. The van der Waals surface area contributed by atoms with Crippen molar-refractivity contribution in [3.8, 4) is 0 Å². The van der Waals surface area contributed by atoms with Crippen LogP contribution in [0.25, 0.3) is 0 Å². The van der Waals surface area contributed by atoms with Gasteiger partial charge in [-0.15, -0.1) is 13.2 Å². The van der Waals surface area contributed by atoms with Gasteiger partial charge in [-0.1, -0.05) is 12.2 Å². The summed E-state index contributed by atoms with van der Waals surface area (Å²) in [6, 6.07) is 0. The molecule has 84 valence electrons. The van der Waals surface area contributed by atoms with Gasteiger partial charge in [0.05, 0.1) is 0 Å². The highest BCUT2D eigenvalue weighted by molar-refractivity contribution is 7.57. The monoisotopic (exact) mass is 227 g/mol. The van der Waals surface area contributed by atoms with E-state index in [9.17, 15) is 4.57 Å². The highest BCUT2D eigenvalue weighted by atomic mass is 31.2. The molecule has 0 saturated carbocycles. The fraction of sp³-hybridized carbons (Fsp3) is 0.600. The minimum Gasteiger partial charge on any atom is -0.270 e. The Morgan fingerprint density at radius 1 is 1.07 bits per heavy atom. The lowest BCUT2D eigenvalue weighted by molar-refractivity contribution is 0.410. The summed E-state index contributed by atoms with van der Waals surface area (Å²) in [5, 5.41) is 0. The van der Waals surface area contributed by atoms with Crippen LogP contribution < -0.4 is 0 Å². The van der Waals surface area contributed by atoms with Crippen molar-refractivity contribution in [3.63, 3.8) is 0 Å². The molecule has 0 unspecified atom stereocenters. The van der Waals surface area contributed by atoms with E-state index < -0.39 is 7.59 Å². The fourth-order valence-corrected chi connectivity index (χ4v) is 4.68. The largest absolute Gasteiger partial charge is 0.287 e. The molecule has 0 aromatic rings. The van der Waals surface area contributed by atoms with Gasteiger partial charge in [-0.3, -0.25) is 4.57 Å². The smallest absolute Gasteiger partial charge is 0.270 e. The maximum atomic E-state index is 12.9. The zero-order valence-corrected chi connectivity index (χ0v) is 9.90. The topological polar surface area (TPSA) is 26.3 Å². The van der Waals surface area contributed by atoms with E-state index in [1.54, 1.807) is 0 Å². The van der Waals surface area contributed by atoms with Gasteiger partial charge in [-0.2, -0.15) is 0 Å². The molecule has 2 rings (SSSR count). The first-order chi connectivity index (χ1) is 7.23. The number of hydrogen-bond acceptors (Lipinski definition) is 1. The molecule has 0 aromatic heterocycles. The SMILES string of the molecule is C=CCN(CC=C)P(=O)(N1CC1)N1CC1. The standard InChI is InChI=1S/C10H18N3OP/c1-3-5-11(6-4-2)15(14,12-7-8-12)13-9-10-13/h3-4H,1-2,5-10H2. The van der Waals surface area contributed by atoms with E-state index in [2.05, 4.69) is 22.5 Å². The van der Waals surface area contributed by atoms with Crippen LogP contribution in [0.3, 0.4) is 0 Å². The van der Waals surface area contributed by atoms with E-state index in [-0.39, 0.29) is 0 Å². The molecule has 4 nitrogen and oxygen atoms in total. The predicted octanol–water partition coefficient (Wildman–Crippen LogP) is 1.40. The third kappa shape index (κ3) is 2.08. The van der Waals surface area contributed by atoms with Crippen molar-refractivity contribution >= 4 is 7.59 Å². The minimum absolute atomic E-state index is 0.663. The Bertz CT molecular complexity index is 284. The van der Waals surface area contributed by atoms with Crippen molar-refractivity contribution < 1.29 is 4.57 Å². The lowest BCUT2D eigenvalue weighted by Gasteiger charge is -2.31. The third-order valence-corrected chi connectivity index (χ3v) is 5.97. The molecule has 0 amide bonds. The molecular weight excluding hydrogens is 209 g/mol. The zero-order valence-electron chi connectivity index (χ0n) is 9.01. The van der Waals surface area contributed by atoms with Gasteiger partial charge in [0.1, 0.15) is 0 Å². The van der Waals surface area contributed by atoms with Gasteiger partial charge in [0.15, 0.2) is 0 Å². The zero-order chi connectivity index (χ0) is 10.9. The molecule has 0 N–H and O–H groups in total. The van der Waals surface area contributed by atoms with E-state index in [0.29, 0.717) is 13.1 Å². The van der Waals surface area contributed by atoms with Crippen molar-refractivity contribution in [2.75, 3.05) is 39.3 Å². The normalized spacial score (nSPS) is 21.7. The van der Waals surface area contributed by atoms with Crippen molar-refractivity contribution in [1.29, 1.82) is 0 Å². The highest BCUT2D eigenvalue weighted by Gasteiger charge is 2.51. The van der Waals surface area contributed by atoms with Crippen LogP contribution in [0.2, 0.25) is 0 Å². The molecule has 0 aromatic carbocycles. The van der Waals surface area contributed by atoms with Crippen LogP contribution >= 0.6 is 7.59 Å². The second-order valence-electron chi connectivity index (χ2n) is 3.87. The maximum absolute atomic E-state index is 12.9. The van der Waals surface area contributed by atoms with E-state index in [0.717, 1.165) is 26.2 Å². The molecule has 0 radical (unpaired) electrons. The van der Waals surface area contributed by atoms with Crippen molar-refractivity contribution in [2.24, 2.45) is 0 Å². The molecule has 0 bridgehead atoms. The summed E-state index contributed by atoms with van der Waals surface area (Å²) in [6.07, 6.45) is 3.62. The van der Waals surface area contributed by atoms with E-state index in [1.165, 1.54) is 0 Å². The summed E-state index contributed by atoms with van der Waals surface area (Å²) >= 11 is 0. The Morgan fingerprint density at radius 3 is 1.73 bits per heavy atom. The van der Waals surface area contributed by atoms with E-state index >= 15 is 0 Å². The lowest BCUT2D eigenvalue weighted by Crippen LogP contribution is -2.28. The Kier molecular flexibility index (Phi) is 3.12. The van der Waals surface area contributed by atoms with Gasteiger partial charge >= 0.3 is 0 Å². The van der Waals surface area contributed by atoms with Crippen LogP contribution in [0.5, 0.6) is 0 Å². The van der Waals surface area contributed by atoms with E-state index in [4.69, 9.17) is 0 Å². The molecule has 2 aliphatic rings. The van der Waals surface area contributed by atoms with E-state index in [1.807, 2.05) is 16.8 Å². The van der Waals surface area contributed by atoms with Crippen LogP contribution in [0, 0.1) is 0 Å². The average molecular weight is 227 g/mol. The van der Waals surface area contributed by atoms with Gasteiger partial charge in [0, 0.05) is 39.3 Å². The second kappa shape index (κ2) is 4.22. The number of hydrogen-bond donors (Lipinski definition) is 0. The second-order valence-corrected chi connectivity index (χ2v) is 6.59. The molecule has 0 atom stereocenters. The van der Waals surface area contributed by atoms with Crippen LogP contribution in [0.15, 0.2) is 25.3 Å². The van der Waals surface area contributed by atoms with Crippen LogP contribution in [0.4, 0.5) is 0 Å². The van der Waals surface area contributed by atoms with Crippen molar-refractivity contribution in [2.45, 2.75) is 0 Å². The summed E-state index contributed by atoms with van der Waals surface area (Å²) < 4.78 is 19.0. The van der Waals surface area contributed by atoms with Crippen molar-refractivity contribution in [1.82, 2.24) is 14.0 Å². The summed E-state index contributed by atoms with van der Waals surface area (Å²) in [5.74, 6) is 0. The summed E-state index contributed by atoms with van der Waals surface area (Å²) in [7, 11) is -2.43. The molecule has 2 aliphatic heterocycles. The van der Waals surface area contributed by atoms with Gasteiger partial charge in [0.2, 0.25) is 0 Å². The summed E-state index contributed by atoms with van der Waals surface area (Å²) in [6.45, 7) is 12.6. The van der Waals surface area contributed by atoms with Crippen LogP contribution in [-0.4, -0.2) is 53.3 Å². The number of nitrogens with zero attached hydrogens (tertiary/aromatic N) is 3. The molecule has 2 saturated heterocycles. The quantitative estimate of drug-likeness (QED) is 0.373. The van der Waals surface area contributed by atoms with Crippen LogP contribution in [-0.2, 0) is 4.57 Å². The Labute approximate surface area is 91.4 Å². The summed E-state index contributed by atoms with van der Waals surface area (Å²) in [5.41, 5.74) is 0. The Balaban J connectivity index is 2.15. The molecule has 2 heterocycles. The first kappa shape index (κ1) is 11.1. The summed E-state index contributed by atoms with van der Waals surface area (Å²) in [4.78, 5) is 0. The van der Waals surface area contributed by atoms with Crippen molar-refractivity contribution in [3.05, 3.63) is 25.3 Å². The minimum atomic E-state index is -2.43. The Morgan fingerprint density at radius 2 is 1.47 bits per heavy atom. The molecule has 2 fully saturated rings. The van der Waals surface area contributed by atoms with Gasteiger partial charge in [-0.25, -0.2) is 14.0 Å². The predicted molar refractivity (Wildman–Crippen MR) is 62.7 cm³/mol. The maximum Gasteiger partial charge on any atom is 0.287 e. The lowest BCUT2D eigenvalue weighted by atomic mass is 10.5. The van der Waals surface area contributed by atoms with Crippen LogP contribution in [0.1, 0.15) is 0 Å². The third-order valence-electron chi connectivity index (χ3n) is 2.63.